The molecule has 0 aliphatic carbocycles. The second-order valence-electron chi connectivity index (χ2n) is 3.19. The van der Waals surface area contributed by atoms with Crippen LogP contribution in [-0.2, 0) is 9.53 Å². The molecular weight excluding hydrogens is 205 g/mol. The van der Waals surface area contributed by atoms with Gasteiger partial charge in [-0.25, -0.2) is 14.0 Å². The Bertz CT molecular complexity index is 302. The molecule has 1 heterocycles. The van der Waals surface area contributed by atoms with Gasteiger partial charge in [0.05, 0.1) is 13.7 Å². The normalized spacial score (nSPS) is 24.0. The molecule has 0 saturated carbocycles. The number of likely N-dealkylation sites (tertiary alicyclic amines) is 1. The van der Waals surface area contributed by atoms with Crippen LogP contribution < -0.4 is 0 Å². The van der Waals surface area contributed by atoms with E-state index in [1.165, 1.54) is 7.11 Å². The number of hydrogen-bond donors (Lipinski definition) is 1. The van der Waals surface area contributed by atoms with Crippen LogP contribution in [0, 0.1) is 0 Å². The van der Waals surface area contributed by atoms with Crippen molar-refractivity contribution in [3.8, 4) is 0 Å². The summed E-state index contributed by atoms with van der Waals surface area (Å²) >= 11 is 0. The van der Waals surface area contributed by atoms with E-state index in [0.717, 1.165) is 11.0 Å². The Balaban J connectivity index is 2.64. The smallest absolute Gasteiger partial charge is 0.407 e. The summed E-state index contributed by atoms with van der Waals surface area (Å²) < 4.78 is 17.7. The molecule has 1 N–H and O–H groups in total. The molecule has 0 radical (unpaired) electrons. The van der Waals surface area contributed by atoms with E-state index in [1.807, 2.05) is 0 Å². The summed E-state index contributed by atoms with van der Waals surface area (Å²) in [6.07, 6.45) is -1.25. The van der Waals surface area contributed by atoms with Crippen LogP contribution in [0.25, 0.3) is 0 Å². The SMILES string of the molecule is COC(=O)/C=C1/CCN(C(=O)O)CC1F. The number of piperidine rings is 1. The lowest BCUT2D eigenvalue weighted by Crippen LogP contribution is -2.41. The molecule has 0 spiro atoms. The van der Waals surface area contributed by atoms with Gasteiger partial charge in [0.2, 0.25) is 0 Å². The number of alkyl halides is 1. The average Bonchev–Trinajstić information content (AvgIpc) is 2.20. The zero-order valence-corrected chi connectivity index (χ0v) is 8.27. The number of amides is 1. The maximum absolute atomic E-state index is 13.4. The third-order valence-corrected chi connectivity index (χ3v) is 2.23. The van der Waals surface area contributed by atoms with Gasteiger partial charge in [-0.15, -0.1) is 0 Å². The highest BCUT2D eigenvalue weighted by Gasteiger charge is 2.27. The number of nitrogens with zero attached hydrogens (tertiary/aromatic N) is 1. The largest absolute Gasteiger partial charge is 0.466 e. The molecular formula is C9H12FNO4. The number of carbonyl (C=O) groups excluding carboxylic acids is 1. The van der Waals surface area contributed by atoms with Crippen LogP contribution in [0.3, 0.4) is 0 Å². The molecule has 1 unspecified atom stereocenters. The molecule has 84 valence electrons. The molecule has 0 aromatic heterocycles. The van der Waals surface area contributed by atoms with Crippen LogP contribution in [0.4, 0.5) is 9.18 Å². The first-order valence-corrected chi connectivity index (χ1v) is 4.45. The average molecular weight is 217 g/mol. The quantitative estimate of drug-likeness (QED) is 0.521. The lowest BCUT2D eigenvalue weighted by molar-refractivity contribution is -0.134. The monoisotopic (exact) mass is 217 g/mol. The van der Waals surface area contributed by atoms with E-state index in [-0.39, 0.29) is 19.5 Å². The molecule has 1 rings (SSSR count). The maximum atomic E-state index is 13.4. The highest BCUT2D eigenvalue weighted by molar-refractivity contribution is 5.83. The summed E-state index contributed by atoms with van der Waals surface area (Å²) in [5.41, 5.74) is 0.291. The fraction of sp³-hybridized carbons (Fsp3) is 0.556. The molecule has 15 heavy (non-hydrogen) atoms. The summed E-state index contributed by atoms with van der Waals surface area (Å²) in [6.45, 7) is -0.0171. The van der Waals surface area contributed by atoms with Gasteiger partial charge < -0.3 is 14.7 Å². The Morgan fingerprint density at radius 3 is 2.80 bits per heavy atom. The minimum absolute atomic E-state index is 0.207. The number of hydrogen-bond acceptors (Lipinski definition) is 3. The first-order valence-electron chi connectivity index (χ1n) is 4.45. The minimum Gasteiger partial charge on any atom is -0.466 e. The Hall–Kier alpha value is -1.59. The van der Waals surface area contributed by atoms with E-state index in [0.29, 0.717) is 5.57 Å². The first-order chi connectivity index (χ1) is 7.04. The van der Waals surface area contributed by atoms with E-state index < -0.39 is 18.2 Å². The fourth-order valence-corrected chi connectivity index (χ4v) is 1.37. The van der Waals surface area contributed by atoms with Crippen LogP contribution >= 0.6 is 0 Å². The van der Waals surface area contributed by atoms with Crippen molar-refractivity contribution in [2.24, 2.45) is 0 Å². The molecule has 0 aromatic rings. The summed E-state index contributed by atoms with van der Waals surface area (Å²) in [6, 6.07) is 0. The van der Waals surface area contributed by atoms with Gasteiger partial charge in [-0.1, -0.05) is 0 Å². The van der Waals surface area contributed by atoms with Crippen LogP contribution in [0.2, 0.25) is 0 Å². The van der Waals surface area contributed by atoms with Crippen molar-refractivity contribution in [3.05, 3.63) is 11.6 Å². The Kier molecular flexibility index (Phi) is 3.65. The third kappa shape index (κ3) is 2.93. The van der Waals surface area contributed by atoms with Gasteiger partial charge >= 0.3 is 12.1 Å². The highest BCUT2D eigenvalue weighted by Crippen LogP contribution is 2.19. The summed E-state index contributed by atoms with van der Waals surface area (Å²) in [5, 5.41) is 8.62. The molecule has 1 aliphatic rings. The van der Waals surface area contributed by atoms with Crippen molar-refractivity contribution in [1.82, 2.24) is 4.90 Å². The third-order valence-electron chi connectivity index (χ3n) is 2.23. The van der Waals surface area contributed by atoms with Crippen molar-refractivity contribution in [3.63, 3.8) is 0 Å². The van der Waals surface area contributed by atoms with E-state index in [1.54, 1.807) is 0 Å². The summed E-state index contributed by atoms with van der Waals surface area (Å²) in [4.78, 5) is 22.4. The predicted octanol–water partition coefficient (Wildman–Crippen LogP) is 0.808. The van der Waals surface area contributed by atoms with E-state index in [2.05, 4.69) is 4.74 Å². The van der Waals surface area contributed by atoms with Gasteiger partial charge in [-0.05, 0) is 12.0 Å². The van der Waals surface area contributed by atoms with Crippen molar-refractivity contribution in [1.29, 1.82) is 0 Å². The number of methoxy groups -OCH3 is 1. The first kappa shape index (κ1) is 11.5. The van der Waals surface area contributed by atoms with Crippen LogP contribution in [0.1, 0.15) is 6.42 Å². The zero-order valence-electron chi connectivity index (χ0n) is 8.27. The lowest BCUT2D eigenvalue weighted by atomic mass is 10.0. The standard InChI is InChI=1S/C9H12FNO4/c1-15-8(12)4-6-2-3-11(9(13)14)5-7(6)10/h4,7H,2-3,5H2,1H3,(H,13,14)/b6-4-. The topological polar surface area (TPSA) is 66.8 Å². The Labute approximate surface area is 86.1 Å². The van der Waals surface area contributed by atoms with Gasteiger partial charge in [0.15, 0.2) is 0 Å². The number of ether oxygens (including phenoxy) is 1. The molecule has 5 nitrogen and oxygen atoms in total. The van der Waals surface area contributed by atoms with Gasteiger partial charge in [0.1, 0.15) is 6.17 Å². The number of rotatable bonds is 1. The summed E-state index contributed by atoms with van der Waals surface area (Å²) in [5.74, 6) is -0.614. The van der Waals surface area contributed by atoms with E-state index >= 15 is 0 Å². The second-order valence-corrected chi connectivity index (χ2v) is 3.19. The number of carbonyl (C=O) groups is 2. The molecule has 6 heteroatoms. The number of esters is 1. The maximum Gasteiger partial charge on any atom is 0.407 e. The highest BCUT2D eigenvalue weighted by atomic mass is 19.1. The predicted molar refractivity (Wildman–Crippen MR) is 49.2 cm³/mol. The van der Waals surface area contributed by atoms with Crippen molar-refractivity contribution in [2.45, 2.75) is 12.6 Å². The number of carboxylic acid groups (broad SMARTS) is 1. The van der Waals surface area contributed by atoms with Crippen LogP contribution in [0.5, 0.6) is 0 Å². The van der Waals surface area contributed by atoms with Crippen LogP contribution in [0.15, 0.2) is 11.6 Å². The second kappa shape index (κ2) is 4.77. The molecule has 1 amide bonds. The van der Waals surface area contributed by atoms with Gasteiger partial charge in [0.25, 0.3) is 0 Å². The van der Waals surface area contributed by atoms with Crippen molar-refractivity contribution in [2.75, 3.05) is 20.2 Å². The van der Waals surface area contributed by atoms with Gasteiger partial charge in [0, 0.05) is 12.6 Å². The Morgan fingerprint density at radius 2 is 2.33 bits per heavy atom. The summed E-state index contributed by atoms with van der Waals surface area (Å²) in [7, 11) is 1.21. The lowest BCUT2D eigenvalue weighted by Gasteiger charge is -2.28. The minimum atomic E-state index is -1.42. The van der Waals surface area contributed by atoms with Crippen molar-refractivity contribution >= 4 is 12.1 Å². The zero-order chi connectivity index (χ0) is 11.4. The molecule has 0 bridgehead atoms. The Morgan fingerprint density at radius 1 is 1.67 bits per heavy atom. The molecule has 1 atom stereocenters. The van der Waals surface area contributed by atoms with E-state index in [9.17, 15) is 14.0 Å². The fourth-order valence-electron chi connectivity index (χ4n) is 1.37. The van der Waals surface area contributed by atoms with Gasteiger partial charge in [-0.2, -0.15) is 0 Å². The van der Waals surface area contributed by atoms with Crippen LogP contribution in [-0.4, -0.2) is 48.4 Å². The van der Waals surface area contributed by atoms with Crippen molar-refractivity contribution < 1.29 is 23.8 Å². The number of halogens is 1. The van der Waals surface area contributed by atoms with Gasteiger partial charge in [-0.3, -0.25) is 0 Å². The van der Waals surface area contributed by atoms with E-state index in [4.69, 9.17) is 5.11 Å². The molecule has 0 aromatic carbocycles. The molecule has 1 aliphatic heterocycles. The molecule has 1 fully saturated rings. The molecule has 1 saturated heterocycles.